The van der Waals surface area contributed by atoms with Gasteiger partial charge in [-0.05, 0) is 26.0 Å². The monoisotopic (exact) mass is 336 g/mol. The number of rotatable bonds is 2. The van der Waals surface area contributed by atoms with E-state index in [4.69, 9.17) is 27.7 Å². The number of amides is 1. The Labute approximate surface area is 135 Å². The molecule has 0 aromatic carbocycles. The minimum Gasteiger partial charge on any atom is -0.336 e. The van der Waals surface area contributed by atoms with E-state index in [-0.39, 0.29) is 16.7 Å². The Hall–Kier alpha value is -2.18. The SMILES string of the molecule is Cc1cc(C(=O)Nc2ncc(Cl)cc2Cl)c2c(C)noc2n1. The van der Waals surface area contributed by atoms with Crippen molar-refractivity contribution in [3.8, 4) is 0 Å². The number of carbonyl (C=O) groups is 1. The molecule has 1 N–H and O–H groups in total. The summed E-state index contributed by atoms with van der Waals surface area (Å²) in [6.07, 6.45) is 1.40. The maximum absolute atomic E-state index is 12.5. The fraction of sp³-hybridized carbons (Fsp3) is 0.143. The molecule has 0 spiro atoms. The van der Waals surface area contributed by atoms with Gasteiger partial charge in [0.1, 0.15) is 0 Å². The summed E-state index contributed by atoms with van der Waals surface area (Å²) in [4.78, 5) is 20.7. The lowest BCUT2D eigenvalue weighted by atomic mass is 10.1. The van der Waals surface area contributed by atoms with E-state index in [2.05, 4.69) is 20.4 Å². The lowest BCUT2D eigenvalue weighted by molar-refractivity contribution is 0.102. The van der Waals surface area contributed by atoms with Crippen LogP contribution in [0.2, 0.25) is 10.0 Å². The molecule has 0 unspecified atom stereocenters. The van der Waals surface area contributed by atoms with Crippen LogP contribution in [0.1, 0.15) is 21.7 Å². The molecule has 0 radical (unpaired) electrons. The highest BCUT2D eigenvalue weighted by Gasteiger charge is 2.19. The van der Waals surface area contributed by atoms with Crippen LogP contribution in [-0.4, -0.2) is 21.0 Å². The number of hydrogen-bond acceptors (Lipinski definition) is 5. The Morgan fingerprint density at radius 3 is 2.77 bits per heavy atom. The summed E-state index contributed by atoms with van der Waals surface area (Å²) in [6, 6.07) is 3.16. The normalized spacial score (nSPS) is 10.9. The van der Waals surface area contributed by atoms with Gasteiger partial charge < -0.3 is 9.84 Å². The second-order valence-corrected chi connectivity index (χ2v) is 5.54. The molecule has 3 aromatic rings. The number of nitrogens with zero attached hydrogens (tertiary/aromatic N) is 3. The molecule has 3 aromatic heterocycles. The molecule has 0 bridgehead atoms. The molecule has 6 nitrogen and oxygen atoms in total. The van der Waals surface area contributed by atoms with Gasteiger partial charge in [0.15, 0.2) is 5.82 Å². The Bertz CT molecular complexity index is 892. The van der Waals surface area contributed by atoms with Gasteiger partial charge in [0.05, 0.1) is 26.7 Å². The summed E-state index contributed by atoms with van der Waals surface area (Å²) >= 11 is 11.8. The molecular weight excluding hydrogens is 327 g/mol. The standard InChI is InChI=1S/C14H10Cl2N4O2/c1-6-3-9(11-7(2)20-22-14(11)18-6)13(21)19-12-10(16)4-8(15)5-17-12/h3-5H,1-2H3,(H,17,19,21). The maximum Gasteiger partial charge on any atom is 0.258 e. The smallest absolute Gasteiger partial charge is 0.258 e. The van der Waals surface area contributed by atoms with E-state index in [0.717, 1.165) is 0 Å². The van der Waals surface area contributed by atoms with Crippen LogP contribution >= 0.6 is 23.2 Å². The first kappa shape index (κ1) is 14.7. The van der Waals surface area contributed by atoms with E-state index < -0.39 is 0 Å². The van der Waals surface area contributed by atoms with Crippen molar-refractivity contribution in [3.05, 3.63) is 45.3 Å². The molecule has 0 atom stereocenters. The van der Waals surface area contributed by atoms with Crippen molar-refractivity contribution in [2.75, 3.05) is 5.32 Å². The average Bonchev–Trinajstić information content (AvgIpc) is 2.82. The first-order valence-electron chi connectivity index (χ1n) is 6.31. The largest absolute Gasteiger partial charge is 0.336 e. The first-order valence-corrected chi connectivity index (χ1v) is 7.07. The van der Waals surface area contributed by atoms with E-state index in [9.17, 15) is 4.79 Å². The van der Waals surface area contributed by atoms with Crippen molar-refractivity contribution in [2.45, 2.75) is 13.8 Å². The van der Waals surface area contributed by atoms with Gasteiger partial charge in [0.2, 0.25) is 0 Å². The number of carbonyl (C=O) groups excluding carboxylic acids is 1. The van der Waals surface area contributed by atoms with Gasteiger partial charge in [-0.25, -0.2) is 9.97 Å². The molecule has 0 aliphatic heterocycles. The molecule has 0 aliphatic rings. The summed E-state index contributed by atoms with van der Waals surface area (Å²) in [5, 5.41) is 7.70. The van der Waals surface area contributed by atoms with Gasteiger partial charge in [-0.3, -0.25) is 4.79 Å². The highest BCUT2D eigenvalue weighted by molar-refractivity contribution is 6.36. The van der Waals surface area contributed by atoms with Crippen molar-refractivity contribution < 1.29 is 9.32 Å². The van der Waals surface area contributed by atoms with Crippen LogP contribution in [0.25, 0.3) is 11.1 Å². The zero-order chi connectivity index (χ0) is 15.9. The lowest BCUT2D eigenvalue weighted by Crippen LogP contribution is -2.14. The summed E-state index contributed by atoms with van der Waals surface area (Å²) in [5.74, 6) is -0.147. The van der Waals surface area contributed by atoms with Crippen molar-refractivity contribution in [2.24, 2.45) is 0 Å². The number of aromatic nitrogens is 3. The highest BCUT2D eigenvalue weighted by atomic mass is 35.5. The molecule has 0 saturated heterocycles. The van der Waals surface area contributed by atoms with Gasteiger partial charge >= 0.3 is 0 Å². The van der Waals surface area contributed by atoms with Crippen molar-refractivity contribution >= 4 is 46.0 Å². The van der Waals surface area contributed by atoms with Gasteiger partial charge in [0, 0.05) is 11.9 Å². The topological polar surface area (TPSA) is 80.9 Å². The number of halogens is 2. The zero-order valence-electron chi connectivity index (χ0n) is 11.6. The highest BCUT2D eigenvalue weighted by Crippen LogP contribution is 2.26. The predicted octanol–water partition coefficient (Wildman–Crippen LogP) is 3.79. The fourth-order valence-corrected chi connectivity index (χ4v) is 2.51. The molecule has 0 fully saturated rings. The number of aryl methyl sites for hydroxylation is 2. The Morgan fingerprint density at radius 1 is 1.27 bits per heavy atom. The van der Waals surface area contributed by atoms with Gasteiger partial charge in [-0.1, -0.05) is 28.4 Å². The number of nitrogens with one attached hydrogen (secondary N) is 1. The average molecular weight is 337 g/mol. The summed E-state index contributed by atoms with van der Waals surface area (Å²) in [6.45, 7) is 3.51. The Balaban J connectivity index is 2.03. The molecule has 0 saturated carbocycles. The molecule has 3 rings (SSSR count). The number of fused-ring (bicyclic) bond motifs is 1. The second kappa shape index (κ2) is 5.55. The molecule has 112 valence electrons. The third-order valence-corrected chi connectivity index (χ3v) is 3.52. The molecule has 1 amide bonds. The third kappa shape index (κ3) is 2.63. The quantitative estimate of drug-likeness (QED) is 0.769. The van der Waals surface area contributed by atoms with E-state index in [0.29, 0.717) is 33.1 Å². The van der Waals surface area contributed by atoms with Crippen molar-refractivity contribution in [1.29, 1.82) is 0 Å². The van der Waals surface area contributed by atoms with Crippen LogP contribution in [0.15, 0.2) is 22.9 Å². The van der Waals surface area contributed by atoms with Crippen LogP contribution in [0.3, 0.4) is 0 Å². The minimum absolute atomic E-state index is 0.229. The summed E-state index contributed by atoms with van der Waals surface area (Å²) in [7, 11) is 0. The van der Waals surface area contributed by atoms with E-state index in [1.165, 1.54) is 12.3 Å². The maximum atomic E-state index is 12.5. The second-order valence-electron chi connectivity index (χ2n) is 4.70. The first-order chi connectivity index (χ1) is 10.5. The minimum atomic E-state index is -0.376. The van der Waals surface area contributed by atoms with Gasteiger partial charge in [-0.15, -0.1) is 0 Å². The van der Waals surface area contributed by atoms with Crippen LogP contribution in [0.4, 0.5) is 5.82 Å². The Kier molecular flexibility index (Phi) is 3.72. The number of pyridine rings is 2. The van der Waals surface area contributed by atoms with E-state index >= 15 is 0 Å². The van der Waals surface area contributed by atoms with Crippen molar-refractivity contribution in [1.82, 2.24) is 15.1 Å². The van der Waals surface area contributed by atoms with Gasteiger partial charge in [0.25, 0.3) is 11.6 Å². The predicted molar refractivity (Wildman–Crippen MR) is 83.5 cm³/mol. The van der Waals surface area contributed by atoms with Crippen molar-refractivity contribution in [3.63, 3.8) is 0 Å². The number of hydrogen-bond donors (Lipinski definition) is 1. The van der Waals surface area contributed by atoms with Crippen LogP contribution < -0.4 is 5.32 Å². The molecule has 0 aliphatic carbocycles. The molecular formula is C14H10Cl2N4O2. The van der Waals surface area contributed by atoms with E-state index in [1.807, 2.05) is 0 Å². The number of anilines is 1. The lowest BCUT2D eigenvalue weighted by Gasteiger charge is -2.07. The van der Waals surface area contributed by atoms with Gasteiger partial charge in [-0.2, -0.15) is 0 Å². The van der Waals surface area contributed by atoms with E-state index in [1.54, 1.807) is 19.9 Å². The molecule has 8 heteroatoms. The fourth-order valence-electron chi connectivity index (χ4n) is 2.08. The summed E-state index contributed by atoms with van der Waals surface area (Å²) in [5.41, 5.74) is 1.94. The van der Waals surface area contributed by atoms with Crippen LogP contribution in [0.5, 0.6) is 0 Å². The molecule has 3 heterocycles. The van der Waals surface area contributed by atoms with Crippen LogP contribution in [0, 0.1) is 13.8 Å². The molecule has 22 heavy (non-hydrogen) atoms. The summed E-state index contributed by atoms with van der Waals surface area (Å²) < 4.78 is 5.11. The zero-order valence-corrected chi connectivity index (χ0v) is 13.2. The Morgan fingerprint density at radius 2 is 2.05 bits per heavy atom. The third-order valence-electron chi connectivity index (χ3n) is 3.03. The van der Waals surface area contributed by atoms with Crippen LogP contribution in [-0.2, 0) is 0 Å².